The molecule has 0 amide bonds. The molecule has 0 saturated heterocycles. The summed E-state index contributed by atoms with van der Waals surface area (Å²) in [6.07, 6.45) is 1.29. The average molecular weight is 254 g/mol. The first-order valence-corrected chi connectivity index (χ1v) is 5.87. The molecule has 18 heavy (non-hydrogen) atoms. The van der Waals surface area contributed by atoms with E-state index in [1.807, 2.05) is 0 Å². The Balaban J connectivity index is 2.87. The van der Waals surface area contributed by atoms with Gasteiger partial charge in [0.25, 0.3) is 0 Å². The number of hydrogen-bond acceptors (Lipinski definition) is 3. The maximum Gasteiger partial charge on any atom is 0.338 e. The Morgan fingerprint density at radius 2 is 2.17 bits per heavy atom. The topological polar surface area (TPSA) is 62.2 Å². The van der Waals surface area contributed by atoms with Gasteiger partial charge in [0.05, 0.1) is 0 Å². The first-order chi connectivity index (χ1) is 8.25. The van der Waals surface area contributed by atoms with E-state index in [1.54, 1.807) is 0 Å². The molecule has 1 rings (SSSR count). The Morgan fingerprint density at radius 3 is 2.67 bits per heavy atom. The van der Waals surface area contributed by atoms with Crippen LogP contribution in [0.25, 0.3) is 0 Å². The van der Waals surface area contributed by atoms with Crippen LogP contribution in [0.2, 0.25) is 0 Å². The van der Waals surface area contributed by atoms with Crippen LogP contribution >= 0.6 is 0 Å². The number of anilines is 1. The molecule has 0 bridgehead atoms. The van der Waals surface area contributed by atoms with Crippen LogP contribution in [0.3, 0.4) is 0 Å². The van der Waals surface area contributed by atoms with E-state index in [1.165, 1.54) is 6.20 Å². The van der Waals surface area contributed by atoms with Crippen LogP contribution < -0.4 is 5.32 Å². The maximum absolute atomic E-state index is 13.8. The molecule has 0 spiro atoms. The number of carbonyl (C=O) groups is 1. The van der Waals surface area contributed by atoms with E-state index < -0.39 is 11.8 Å². The summed E-state index contributed by atoms with van der Waals surface area (Å²) < 4.78 is 13.8. The molecular formula is C13H19FN2O2. The second-order valence-electron chi connectivity index (χ2n) is 5.32. The molecule has 0 fully saturated rings. The second-order valence-corrected chi connectivity index (χ2v) is 5.32. The molecule has 4 nitrogen and oxygen atoms in total. The van der Waals surface area contributed by atoms with Crippen molar-refractivity contribution >= 4 is 11.8 Å². The predicted octanol–water partition coefficient (Wildman–Crippen LogP) is 3.01. The molecular weight excluding hydrogens is 235 g/mol. The van der Waals surface area contributed by atoms with E-state index in [2.05, 4.69) is 38.0 Å². The smallest absolute Gasteiger partial charge is 0.338 e. The zero-order valence-corrected chi connectivity index (χ0v) is 11.1. The Bertz CT molecular complexity index is 445. The van der Waals surface area contributed by atoms with E-state index in [4.69, 9.17) is 5.11 Å². The fourth-order valence-corrected chi connectivity index (χ4v) is 1.25. The van der Waals surface area contributed by atoms with E-state index in [-0.39, 0.29) is 16.8 Å². The lowest BCUT2D eigenvalue weighted by Crippen LogP contribution is -2.29. The number of carboxylic acids is 1. The fourth-order valence-electron chi connectivity index (χ4n) is 1.25. The molecule has 1 aromatic heterocycles. The van der Waals surface area contributed by atoms with Gasteiger partial charge in [0.1, 0.15) is 5.56 Å². The van der Waals surface area contributed by atoms with Gasteiger partial charge >= 0.3 is 5.97 Å². The molecule has 0 atom stereocenters. The lowest BCUT2D eigenvalue weighted by molar-refractivity contribution is 0.0692. The number of nitrogens with one attached hydrogen (secondary N) is 1. The predicted molar refractivity (Wildman–Crippen MR) is 68.3 cm³/mol. The van der Waals surface area contributed by atoms with E-state index in [0.29, 0.717) is 12.5 Å². The monoisotopic (exact) mass is 254 g/mol. The second kappa shape index (κ2) is 5.33. The maximum atomic E-state index is 13.8. The molecule has 0 aliphatic rings. The van der Waals surface area contributed by atoms with Gasteiger partial charge < -0.3 is 10.4 Å². The lowest BCUT2D eigenvalue weighted by atomic mass is 9.81. The average Bonchev–Trinajstić information content (AvgIpc) is 2.27. The molecule has 0 aliphatic heterocycles. The van der Waals surface area contributed by atoms with E-state index in [9.17, 15) is 9.18 Å². The summed E-state index contributed by atoms with van der Waals surface area (Å²) in [4.78, 5) is 14.6. The van der Waals surface area contributed by atoms with Crippen LogP contribution in [-0.2, 0) is 0 Å². The number of nitrogens with zero attached hydrogens (tertiary/aromatic N) is 1. The molecule has 1 heterocycles. The van der Waals surface area contributed by atoms with Crippen LogP contribution in [0.5, 0.6) is 0 Å². The van der Waals surface area contributed by atoms with Crippen molar-refractivity contribution in [2.45, 2.75) is 27.7 Å². The highest BCUT2D eigenvalue weighted by atomic mass is 19.1. The van der Waals surface area contributed by atoms with Crippen LogP contribution in [0.1, 0.15) is 38.1 Å². The van der Waals surface area contributed by atoms with Crippen LogP contribution in [0, 0.1) is 17.2 Å². The minimum absolute atomic E-state index is 0.0105. The Labute approximate surface area is 106 Å². The van der Waals surface area contributed by atoms with E-state index in [0.717, 1.165) is 6.07 Å². The van der Waals surface area contributed by atoms with Gasteiger partial charge in [-0.15, -0.1) is 0 Å². The Kier molecular flexibility index (Phi) is 4.27. The molecule has 2 N–H and O–H groups in total. The van der Waals surface area contributed by atoms with Crippen LogP contribution in [0.4, 0.5) is 10.2 Å². The van der Waals surface area contributed by atoms with Crippen molar-refractivity contribution in [3.8, 4) is 0 Å². The number of carboxylic acid groups (broad SMARTS) is 1. The quantitative estimate of drug-likeness (QED) is 0.847. The summed E-state index contributed by atoms with van der Waals surface area (Å²) in [5.74, 6) is -1.70. The summed E-state index contributed by atoms with van der Waals surface area (Å²) in [5.41, 5.74) is -0.400. The highest BCUT2D eigenvalue weighted by Gasteiger charge is 2.23. The fraction of sp³-hybridized carbons (Fsp3) is 0.538. The van der Waals surface area contributed by atoms with Gasteiger partial charge in [0, 0.05) is 12.7 Å². The molecule has 0 unspecified atom stereocenters. The van der Waals surface area contributed by atoms with Crippen LogP contribution in [-0.4, -0.2) is 22.6 Å². The van der Waals surface area contributed by atoms with Crippen molar-refractivity contribution < 1.29 is 14.3 Å². The number of halogens is 1. The third kappa shape index (κ3) is 3.18. The van der Waals surface area contributed by atoms with Crippen molar-refractivity contribution in [3.63, 3.8) is 0 Å². The third-order valence-electron chi connectivity index (χ3n) is 3.39. The van der Waals surface area contributed by atoms with Crippen molar-refractivity contribution in [1.82, 2.24) is 4.98 Å². The minimum atomic E-state index is -1.29. The molecule has 0 aliphatic carbocycles. The standard InChI is InChI=1S/C13H19FN2O2/c1-8(2)13(3,4)7-16-11-10(14)9(12(17)18)5-6-15-11/h5-6,8H,7H2,1-4H3,(H,15,16)(H,17,18). The lowest BCUT2D eigenvalue weighted by Gasteiger charge is -2.29. The largest absolute Gasteiger partial charge is 0.478 e. The summed E-state index contributed by atoms with van der Waals surface area (Å²) in [6, 6.07) is 1.15. The van der Waals surface area contributed by atoms with Gasteiger partial charge in [-0.2, -0.15) is 0 Å². The summed E-state index contributed by atoms with van der Waals surface area (Å²) in [7, 11) is 0. The number of aromatic carboxylic acids is 1. The molecule has 0 aromatic carbocycles. The first-order valence-electron chi connectivity index (χ1n) is 5.87. The van der Waals surface area contributed by atoms with Gasteiger partial charge in [0.15, 0.2) is 11.6 Å². The summed E-state index contributed by atoms with van der Waals surface area (Å²) >= 11 is 0. The van der Waals surface area contributed by atoms with Crippen LogP contribution in [0.15, 0.2) is 12.3 Å². The SMILES string of the molecule is CC(C)C(C)(C)CNc1nccc(C(=O)O)c1F. The van der Waals surface area contributed by atoms with Gasteiger partial charge in [-0.1, -0.05) is 27.7 Å². The highest BCUT2D eigenvalue weighted by molar-refractivity contribution is 5.88. The normalized spacial score (nSPS) is 11.7. The van der Waals surface area contributed by atoms with Gasteiger partial charge in [0.2, 0.25) is 0 Å². The van der Waals surface area contributed by atoms with Gasteiger partial charge in [-0.05, 0) is 17.4 Å². The molecule has 0 saturated carbocycles. The Morgan fingerprint density at radius 1 is 1.56 bits per heavy atom. The van der Waals surface area contributed by atoms with Crippen molar-refractivity contribution in [2.24, 2.45) is 11.3 Å². The molecule has 1 aromatic rings. The molecule has 0 radical (unpaired) electrons. The van der Waals surface area contributed by atoms with Gasteiger partial charge in [-0.3, -0.25) is 0 Å². The van der Waals surface area contributed by atoms with Crippen molar-refractivity contribution in [2.75, 3.05) is 11.9 Å². The zero-order chi connectivity index (χ0) is 13.9. The summed E-state index contributed by atoms with van der Waals surface area (Å²) in [6.45, 7) is 8.81. The van der Waals surface area contributed by atoms with E-state index >= 15 is 0 Å². The molecule has 5 heteroatoms. The number of pyridine rings is 1. The zero-order valence-electron chi connectivity index (χ0n) is 11.1. The van der Waals surface area contributed by atoms with Crippen molar-refractivity contribution in [1.29, 1.82) is 0 Å². The number of hydrogen-bond donors (Lipinski definition) is 2. The molecule has 100 valence electrons. The minimum Gasteiger partial charge on any atom is -0.478 e. The number of rotatable bonds is 5. The first kappa shape index (κ1) is 14.4. The number of aromatic nitrogens is 1. The summed E-state index contributed by atoms with van der Waals surface area (Å²) in [5, 5.41) is 11.7. The van der Waals surface area contributed by atoms with Gasteiger partial charge in [-0.25, -0.2) is 14.2 Å². The Hall–Kier alpha value is -1.65. The highest BCUT2D eigenvalue weighted by Crippen LogP contribution is 2.26. The third-order valence-corrected chi connectivity index (χ3v) is 3.39. The van der Waals surface area contributed by atoms with Crippen molar-refractivity contribution in [3.05, 3.63) is 23.6 Å².